The Labute approximate surface area is 172 Å². The number of carbonyl (C=O) groups excluding carboxylic acids is 1. The fourth-order valence-corrected chi connectivity index (χ4v) is 5.87. The first-order chi connectivity index (χ1) is 14.0. The molecule has 0 unspecified atom stereocenters. The van der Waals surface area contributed by atoms with Crippen molar-refractivity contribution < 1.29 is 14.4 Å². The lowest BCUT2D eigenvalue weighted by atomic mass is 9.51. The maximum atomic E-state index is 11.8. The summed E-state index contributed by atoms with van der Waals surface area (Å²) in [5, 5.41) is 16.4. The van der Waals surface area contributed by atoms with Crippen molar-refractivity contribution in [3.63, 3.8) is 0 Å². The fraction of sp³-hybridized carbons (Fsp3) is 0.600. The number of benzene rings is 1. The third kappa shape index (κ3) is 3.07. The van der Waals surface area contributed by atoms with Crippen LogP contribution in [0.15, 0.2) is 22.7 Å². The topological polar surface area (TPSA) is 63.3 Å². The minimum Gasteiger partial charge on any atom is -0.385 e. The van der Waals surface area contributed by atoms with Crippen molar-refractivity contribution in [1.82, 2.24) is 5.16 Å². The maximum Gasteiger partial charge on any atom is 0.146 e. The van der Waals surface area contributed by atoms with Gasteiger partial charge in [0.1, 0.15) is 17.2 Å². The number of aromatic nitrogens is 1. The van der Waals surface area contributed by atoms with Gasteiger partial charge in [0.05, 0.1) is 11.2 Å². The van der Waals surface area contributed by atoms with Crippen LogP contribution in [0.4, 0.5) is 0 Å². The van der Waals surface area contributed by atoms with Crippen LogP contribution in [-0.2, 0) is 23.2 Å². The van der Waals surface area contributed by atoms with Crippen molar-refractivity contribution in [3.8, 4) is 11.3 Å². The van der Waals surface area contributed by atoms with Crippen molar-refractivity contribution in [3.05, 3.63) is 40.6 Å². The number of aliphatic hydroxyl groups is 1. The van der Waals surface area contributed by atoms with E-state index in [2.05, 4.69) is 37.2 Å². The van der Waals surface area contributed by atoms with E-state index < -0.39 is 5.60 Å². The Bertz CT molecular complexity index is 913. The average molecular weight is 394 g/mol. The van der Waals surface area contributed by atoms with Gasteiger partial charge in [0.25, 0.3) is 0 Å². The van der Waals surface area contributed by atoms with Gasteiger partial charge in [-0.1, -0.05) is 37.2 Å². The smallest absolute Gasteiger partial charge is 0.146 e. The summed E-state index contributed by atoms with van der Waals surface area (Å²) in [5.74, 6) is 1.69. The summed E-state index contributed by atoms with van der Waals surface area (Å²) in [5.41, 5.74) is 4.76. The molecule has 154 valence electrons. The van der Waals surface area contributed by atoms with E-state index in [0.29, 0.717) is 24.5 Å². The second-order valence-electron chi connectivity index (χ2n) is 9.63. The van der Waals surface area contributed by atoms with Crippen LogP contribution in [0.3, 0.4) is 0 Å². The molecule has 1 heterocycles. The Morgan fingerprint density at radius 3 is 2.28 bits per heavy atom. The van der Waals surface area contributed by atoms with Crippen LogP contribution < -0.4 is 0 Å². The summed E-state index contributed by atoms with van der Waals surface area (Å²) >= 11 is 0. The molecule has 3 fully saturated rings. The first-order valence-corrected chi connectivity index (χ1v) is 11.3. The van der Waals surface area contributed by atoms with Crippen LogP contribution in [0, 0.1) is 5.41 Å². The van der Waals surface area contributed by atoms with Crippen molar-refractivity contribution in [2.75, 3.05) is 0 Å². The predicted octanol–water partition coefficient (Wildman–Crippen LogP) is 5.45. The molecule has 3 aliphatic rings. The predicted molar refractivity (Wildman–Crippen MR) is 112 cm³/mol. The highest BCUT2D eigenvalue weighted by Crippen LogP contribution is 2.63. The van der Waals surface area contributed by atoms with E-state index in [1.54, 1.807) is 0 Å². The second-order valence-corrected chi connectivity index (χ2v) is 9.63. The fourth-order valence-electron chi connectivity index (χ4n) is 5.87. The molecule has 4 nitrogen and oxygen atoms in total. The highest BCUT2D eigenvalue weighted by atomic mass is 16.5. The Hall–Kier alpha value is -1.94. The van der Waals surface area contributed by atoms with Gasteiger partial charge in [-0.15, -0.1) is 0 Å². The molecule has 0 atom stereocenters. The molecule has 0 saturated heterocycles. The van der Waals surface area contributed by atoms with Crippen molar-refractivity contribution >= 4 is 5.78 Å². The van der Waals surface area contributed by atoms with E-state index in [0.717, 1.165) is 73.9 Å². The number of hydrogen-bond acceptors (Lipinski definition) is 4. The molecular formula is C25H31NO3. The zero-order chi connectivity index (χ0) is 20.2. The summed E-state index contributed by atoms with van der Waals surface area (Å²) in [6.07, 6.45) is 8.73. The molecule has 0 amide bonds. The van der Waals surface area contributed by atoms with Crippen molar-refractivity contribution in [2.24, 2.45) is 5.41 Å². The van der Waals surface area contributed by atoms with E-state index in [4.69, 9.17) is 4.52 Å². The quantitative estimate of drug-likeness (QED) is 0.733. The normalized spacial score (nSPS) is 22.7. The average Bonchev–Trinajstić information content (AvgIpc) is 3.46. The minimum atomic E-state index is -0.875. The van der Waals surface area contributed by atoms with Crippen LogP contribution in [-0.4, -0.2) is 16.0 Å². The summed E-state index contributed by atoms with van der Waals surface area (Å²) < 4.78 is 5.92. The Morgan fingerprint density at radius 1 is 1.10 bits per heavy atom. The first kappa shape index (κ1) is 19.0. The molecule has 1 aromatic heterocycles. The summed E-state index contributed by atoms with van der Waals surface area (Å²) in [7, 11) is 0. The van der Waals surface area contributed by atoms with Crippen LogP contribution in [0.1, 0.15) is 93.6 Å². The number of aryl methyl sites for hydroxylation is 2. The van der Waals surface area contributed by atoms with Gasteiger partial charge in [-0.25, -0.2) is 0 Å². The summed E-state index contributed by atoms with van der Waals surface area (Å²) in [6.45, 7) is 4.35. The van der Waals surface area contributed by atoms with E-state index in [1.165, 1.54) is 11.1 Å². The number of ketones is 1. The van der Waals surface area contributed by atoms with Crippen LogP contribution >= 0.6 is 0 Å². The number of rotatable bonds is 5. The van der Waals surface area contributed by atoms with Gasteiger partial charge in [0, 0.05) is 24.3 Å². The maximum absolute atomic E-state index is 11.8. The molecule has 2 aromatic rings. The first-order valence-electron chi connectivity index (χ1n) is 11.3. The van der Waals surface area contributed by atoms with Crippen LogP contribution in [0.2, 0.25) is 0 Å². The summed E-state index contributed by atoms with van der Waals surface area (Å²) in [4.78, 5) is 11.7. The number of nitrogens with zero attached hydrogens (tertiary/aromatic N) is 1. The van der Waals surface area contributed by atoms with Gasteiger partial charge in [-0.2, -0.15) is 0 Å². The number of Topliss-reactive ketones (excluding diaryl/α,β-unsaturated/α-hetero) is 1. The number of hydrogen-bond donors (Lipinski definition) is 1. The van der Waals surface area contributed by atoms with E-state index in [1.807, 2.05) is 0 Å². The molecule has 1 N–H and O–H groups in total. The third-order valence-electron chi connectivity index (χ3n) is 7.57. The lowest BCUT2D eigenvalue weighted by Gasteiger charge is -2.55. The lowest BCUT2D eigenvalue weighted by molar-refractivity contribution is -0.156. The zero-order valence-corrected chi connectivity index (χ0v) is 17.6. The molecule has 29 heavy (non-hydrogen) atoms. The van der Waals surface area contributed by atoms with Gasteiger partial charge in [-0.3, -0.25) is 4.79 Å². The highest BCUT2D eigenvalue weighted by Gasteiger charge is 2.58. The standard InChI is InChI=1S/C25H31NO3/c1-3-16-6-5-7-17(4-2)20(16)22-21(23(29-26-22)18-8-9-18)25(28)14-24(15-25)12-10-19(27)11-13-24/h5-7,18,28H,3-4,8-15H2,1-2H3. The van der Waals surface area contributed by atoms with Crippen LogP contribution in [0.25, 0.3) is 11.3 Å². The molecule has 5 rings (SSSR count). The zero-order valence-electron chi connectivity index (χ0n) is 17.6. The van der Waals surface area contributed by atoms with E-state index in [9.17, 15) is 9.90 Å². The molecule has 1 spiro atoms. The van der Waals surface area contributed by atoms with Crippen LogP contribution in [0.5, 0.6) is 0 Å². The molecule has 3 aliphatic carbocycles. The highest BCUT2D eigenvalue weighted by molar-refractivity contribution is 5.79. The lowest BCUT2D eigenvalue weighted by Crippen LogP contribution is -2.51. The number of carbonyl (C=O) groups is 1. The van der Waals surface area contributed by atoms with Crippen molar-refractivity contribution in [2.45, 2.75) is 89.6 Å². The van der Waals surface area contributed by atoms with Crippen molar-refractivity contribution in [1.29, 1.82) is 0 Å². The largest absolute Gasteiger partial charge is 0.385 e. The third-order valence-corrected chi connectivity index (χ3v) is 7.57. The molecule has 0 aliphatic heterocycles. The molecule has 3 saturated carbocycles. The molecular weight excluding hydrogens is 362 g/mol. The van der Waals surface area contributed by atoms with Gasteiger partial charge < -0.3 is 9.63 Å². The van der Waals surface area contributed by atoms with Gasteiger partial charge in [0.2, 0.25) is 0 Å². The van der Waals surface area contributed by atoms with Gasteiger partial charge in [-0.05, 0) is 67.9 Å². The molecule has 1 aromatic carbocycles. The van der Waals surface area contributed by atoms with E-state index in [-0.39, 0.29) is 5.41 Å². The Morgan fingerprint density at radius 2 is 1.72 bits per heavy atom. The Kier molecular flexibility index (Phi) is 4.47. The van der Waals surface area contributed by atoms with Gasteiger partial charge in [0.15, 0.2) is 0 Å². The SMILES string of the molecule is CCc1cccc(CC)c1-c1noc(C2CC2)c1C1(O)CC2(CCC(=O)CC2)C1. The monoisotopic (exact) mass is 393 g/mol. The molecule has 0 bridgehead atoms. The van der Waals surface area contributed by atoms with E-state index >= 15 is 0 Å². The van der Waals surface area contributed by atoms with Gasteiger partial charge >= 0.3 is 0 Å². The molecule has 4 heteroatoms. The Balaban J connectivity index is 1.58. The second kappa shape index (κ2) is 6.80. The minimum absolute atomic E-state index is 0.121. The molecule has 0 radical (unpaired) electrons. The summed E-state index contributed by atoms with van der Waals surface area (Å²) in [6, 6.07) is 6.46.